The minimum Gasteiger partial charge on any atom is -0.321 e. The predicted octanol–water partition coefficient (Wildman–Crippen LogP) is 1.90. The molecule has 1 aromatic heterocycles. The van der Waals surface area contributed by atoms with Crippen molar-refractivity contribution in [1.82, 2.24) is 20.3 Å². The van der Waals surface area contributed by atoms with Gasteiger partial charge in [-0.3, -0.25) is 4.79 Å². The van der Waals surface area contributed by atoms with Crippen LogP contribution < -0.4 is 10.6 Å². The van der Waals surface area contributed by atoms with E-state index < -0.39 is 0 Å². The first-order valence-electron chi connectivity index (χ1n) is 7.34. The number of aromatic nitrogens is 3. The highest BCUT2D eigenvalue weighted by molar-refractivity contribution is 6.03. The zero-order valence-corrected chi connectivity index (χ0v) is 12.3. The van der Waals surface area contributed by atoms with E-state index in [-0.39, 0.29) is 17.8 Å². The molecule has 0 unspecified atom stereocenters. The van der Waals surface area contributed by atoms with Crippen molar-refractivity contribution in [2.75, 3.05) is 18.4 Å². The van der Waals surface area contributed by atoms with Crippen LogP contribution in [0.4, 0.5) is 10.1 Å². The third kappa shape index (κ3) is 2.99. The Hall–Kier alpha value is -2.28. The fourth-order valence-corrected chi connectivity index (χ4v) is 2.67. The van der Waals surface area contributed by atoms with Gasteiger partial charge in [0.05, 0.1) is 11.7 Å². The molecule has 0 aliphatic carbocycles. The highest BCUT2D eigenvalue weighted by atomic mass is 19.1. The smallest absolute Gasteiger partial charge is 0.278 e. The van der Waals surface area contributed by atoms with Crippen LogP contribution in [0.5, 0.6) is 0 Å². The number of carbonyl (C=O) groups is 1. The van der Waals surface area contributed by atoms with Gasteiger partial charge in [0.2, 0.25) is 0 Å². The molecule has 7 heteroatoms. The zero-order chi connectivity index (χ0) is 15.5. The van der Waals surface area contributed by atoms with Crippen molar-refractivity contribution >= 4 is 11.6 Å². The van der Waals surface area contributed by atoms with Gasteiger partial charge < -0.3 is 10.6 Å². The molecule has 0 bridgehead atoms. The summed E-state index contributed by atoms with van der Waals surface area (Å²) >= 11 is 0. The maximum Gasteiger partial charge on any atom is 0.278 e. The third-order valence-corrected chi connectivity index (χ3v) is 3.90. The molecular weight excluding hydrogens is 285 g/mol. The highest BCUT2D eigenvalue weighted by Crippen LogP contribution is 2.20. The average molecular weight is 303 g/mol. The number of benzene rings is 1. The van der Waals surface area contributed by atoms with Crippen molar-refractivity contribution in [2.45, 2.75) is 25.8 Å². The van der Waals surface area contributed by atoms with E-state index in [0.717, 1.165) is 31.6 Å². The first-order valence-corrected chi connectivity index (χ1v) is 7.34. The van der Waals surface area contributed by atoms with Crippen LogP contribution in [0, 0.1) is 12.7 Å². The molecule has 1 fully saturated rings. The molecule has 2 N–H and O–H groups in total. The molecule has 3 rings (SSSR count). The molecular formula is C15H18FN5O. The quantitative estimate of drug-likeness (QED) is 0.908. The Bertz CT molecular complexity index is 661. The number of nitrogens with zero attached hydrogens (tertiary/aromatic N) is 3. The standard InChI is InChI=1S/C15H18FN5O/c1-10-14(15(22)18-12-4-2-11(16)3-5-12)19-20-21(10)13-6-8-17-9-7-13/h2-5,13,17H,6-9H2,1H3,(H,18,22). The van der Waals surface area contributed by atoms with Crippen molar-refractivity contribution in [2.24, 2.45) is 0 Å². The summed E-state index contributed by atoms with van der Waals surface area (Å²) in [6, 6.07) is 5.91. The number of carbonyl (C=O) groups excluding carboxylic acids is 1. The average Bonchev–Trinajstić information content (AvgIpc) is 2.92. The number of hydrogen-bond acceptors (Lipinski definition) is 4. The Morgan fingerprint density at radius 1 is 1.32 bits per heavy atom. The summed E-state index contributed by atoms with van der Waals surface area (Å²) in [4.78, 5) is 12.3. The molecule has 0 atom stereocenters. The number of nitrogens with one attached hydrogen (secondary N) is 2. The predicted molar refractivity (Wildman–Crippen MR) is 80.3 cm³/mol. The SMILES string of the molecule is Cc1c(C(=O)Nc2ccc(F)cc2)nnn1C1CCNCC1. The van der Waals surface area contributed by atoms with Crippen molar-refractivity contribution in [1.29, 1.82) is 0 Å². The second kappa shape index (κ2) is 6.23. The summed E-state index contributed by atoms with van der Waals surface area (Å²) in [5.74, 6) is -0.671. The van der Waals surface area contributed by atoms with E-state index in [1.165, 1.54) is 24.3 Å². The second-order valence-corrected chi connectivity index (χ2v) is 5.41. The van der Waals surface area contributed by atoms with Gasteiger partial charge in [-0.25, -0.2) is 9.07 Å². The van der Waals surface area contributed by atoms with E-state index in [4.69, 9.17) is 0 Å². The maximum absolute atomic E-state index is 12.9. The van der Waals surface area contributed by atoms with E-state index in [1.54, 1.807) is 0 Å². The van der Waals surface area contributed by atoms with Gasteiger partial charge in [-0.05, 0) is 57.1 Å². The van der Waals surface area contributed by atoms with Gasteiger partial charge in [-0.15, -0.1) is 5.10 Å². The normalized spacial score (nSPS) is 15.7. The Kier molecular flexibility index (Phi) is 4.15. The second-order valence-electron chi connectivity index (χ2n) is 5.41. The van der Waals surface area contributed by atoms with Crippen molar-refractivity contribution in [3.63, 3.8) is 0 Å². The number of anilines is 1. The van der Waals surface area contributed by atoms with Crippen LogP contribution in [0.1, 0.15) is 35.1 Å². The van der Waals surface area contributed by atoms with Crippen molar-refractivity contribution in [3.8, 4) is 0 Å². The van der Waals surface area contributed by atoms with E-state index in [2.05, 4.69) is 20.9 Å². The van der Waals surface area contributed by atoms with Gasteiger partial charge in [-0.2, -0.15) is 0 Å². The molecule has 0 radical (unpaired) electrons. The monoisotopic (exact) mass is 303 g/mol. The minimum atomic E-state index is -0.342. The fraction of sp³-hybridized carbons (Fsp3) is 0.400. The van der Waals surface area contributed by atoms with Crippen LogP contribution in [0.25, 0.3) is 0 Å². The number of halogens is 1. The zero-order valence-electron chi connectivity index (χ0n) is 12.3. The third-order valence-electron chi connectivity index (χ3n) is 3.90. The first-order chi connectivity index (χ1) is 10.6. The number of hydrogen-bond donors (Lipinski definition) is 2. The van der Waals surface area contributed by atoms with Crippen LogP contribution in [0.2, 0.25) is 0 Å². The lowest BCUT2D eigenvalue weighted by molar-refractivity contribution is 0.102. The molecule has 2 aromatic rings. The lowest BCUT2D eigenvalue weighted by Crippen LogP contribution is -2.30. The Morgan fingerprint density at radius 2 is 2.00 bits per heavy atom. The number of rotatable bonds is 3. The van der Waals surface area contributed by atoms with E-state index in [0.29, 0.717) is 11.4 Å². The Morgan fingerprint density at radius 3 is 2.68 bits per heavy atom. The largest absolute Gasteiger partial charge is 0.321 e. The molecule has 22 heavy (non-hydrogen) atoms. The molecule has 1 saturated heterocycles. The van der Waals surface area contributed by atoms with E-state index in [1.807, 2.05) is 11.6 Å². The number of amides is 1. The fourth-order valence-electron chi connectivity index (χ4n) is 2.67. The van der Waals surface area contributed by atoms with Gasteiger partial charge in [-0.1, -0.05) is 5.21 Å². The molecule has 6 nitrogen and oxygen atoms in total. The number of piperidine rings is 1. The Balaban J connectivity index is 1.75. The van der Waals surface area contributed by atoms with Crippen LogP contribution in [-0.2, 0) is 0 Å². The van der Waals surface area contributed by atoms with Gasteiger partial charge in [0.1, 0.15) is 5.82 Å². The highest BCUT2D eigenvalue weighted by Gasteiger charge is 2.22. The first kappa shape index (κ1) is 14.6. The summed E-state index contributed by atoms with van der Waals surface area (Å²) in [6.45, 7) is 3.74. The van der Waals surface area contributed by atoms with Crippen LogP contribution in [-0.4, -0.2) is 34.0 Å². The van der Waals surface area contributed by atoms with Crippen molar-refractivity contribution < 1.29 is 9.18 Å². The summed E-state index contributed by atoms with van der Waals surface area (Å²) in [7, 11) is 0. The summed E-state index contributed by atoms with van der Waals surface area (Å²) < 4.78 is 14.7. The van der Waals surface area contributed by atoms with Gasteiger partial charge in [0, 0.05) is 5.69 Å². The van der Waals surface area contributed by atoms with E-state index in [9.17, 15) is 9.18 Å². The molecule has 0 saturated carbocycles. The molecule has 0 spiro atoms. The molecule has 2 heterocycles. The van der Waals surface area contributed by atoms with Crippen LogP contribution in [0.15, 0.2) is 24.3 Å². The molecule has 116 valence electrons. The molecule has 1 aliphatic heterocycles. The lowest BCUT2D eigenvalue weighted by atomic mass is 10.1. The topological polar surface area (TPSA) is 71.8 Å². The van der Waals surface area contributed by atoms with Gasteiger partial charge in [0.15, 0.2) is 5.69 Å². The van der Waals surface area contributed by atoms with Crippen LogP contribution >= 0.6 is 0 Å². The van der Waals surface area contributed by atoms with Gasteiger partial charge >= 0.3 is 0 Å². The van der Waals surface area contributed by atoms with Gasteiger partial charge in [0.25, 0.3) is 5.91 Å². The van der Waals surface area contributed by atoms with Crippen LogP contribution in [0.3, 0.4) is 0 Å². The Labute approximate surface area is 127 Å². The van der Waals surface area contributed by atoms with E-state index >= 15 is 0 Å². The molecule has 1 amide bonds. The maximum atomic E-state index is 12.9. The summed E-state index contributed by atoms with van der Waals surface area (Å²) in [5.41, 5.74) is 1.59. The molecule has 1 aromatic carbocycles. The summed E-state index contributed by atoms with van der Waals surface area (Å²) in [5, 5.41) is 14.2. The van der Waals surface area contributed by atoms with Crippen molar-refractivity contribution in [3.05, 3.63) is 41.5 Å². The lowest BCUT2D eigenvalue weighted by Gasteiger charge is -2.23. The minimum absolute atomic E-state index is 0.279. The molecule has 1 aliphatic rings. The summed E-state index contributed by atoms with van der Waals surface area (Å²) in [6.07, 6.45) is 1.95.